The van der Waals surface area contributed by atoms with Crippen LogP contribution >= 0.6 is 11.3 Å². The second-order valence-corrected chi connectivity index (χ2v) is 4.04. The van der Waals surface area contributed by atoms with Gasteiger partial charge >= 0.3 is 0 Å². The minimum Gasteiger partial charge on any atom is -0.382 e. The highest BCUT2D eigenvalue weighted by Crippen LogP contribution is 2.13. The van der Waals surface area contributed by atoms with Crippen LogP contribution in [0.4, 0.5) is 5.13 Å². The van der Waals surface area contributed by atoms with Crippen molar-refractivity contribution in [1.29, 1.82) is 0 Å². The van der Waals surface area contributed by atoms with Crippen molar-refractivity contribution in [1.82, 2.24) is 4.98 Å². The largest absolute Gasteiger partial charge is 0.382 e. The van der Waals surface area contributed by atoms with Crippen LogP contribution in [0.3, 0.4) is 0 Å². The molecule has 15 heavy (non-hydrogen) atoms. The van der Waals surface area contributed by atoms with E-state index in [2.05, 4.69) is 10.3 Å². The van der Waals surface area contributed by atoms with E-state index in [9.17, 15) is 0 Å². The SMILES string of the molecule is COCCOCCCNc1nc(C)cs1. The summed E-state index contributed by atoms with van der Waals surface area (Å²) in [6.07, 6.45) is 0.988. The van der Waals surface area contributed by atoms with Crippen molar-refractivity contribution in [2.45, 2.75) is 13.3 Å². The summed E-state index contributed by atoms with van der Waals surface area (Å²) in [6.45, 7) is 5.00. The highest BCUT2D eigenvalue weighted by molar-refractivity contribution is 7.13. The van der Waals surface area contributed by atoms with E-state index in [0.29, 0.717) is 13.2 Å². The average molecular weight is 230 g/mol. The van der Waals surface area contributed by atoms with Crippen molar-refractivity contribution in [2.75, 3.05) is 38.8 Å². The number of nitrogens with zero attached hydrogens (tertiary/aromatic N) is 1. The van der Waals surface area contributed by atoms with Crippen molar-refractivity contribution in [2.24, 2.45) is 0 Å². The molecule has 0 radical (unpaired) electrons. The molecule has 5 heteroatoms. The Morgan fingerprint density at radius 1 is 1.40 bits per heavy atom. The Hall–Kier alpha value is -0.650. The van der Waals surface area contributed by atoms with E-state index in [4.69, 9.17) is 9.47 Å². The predicted octanol–water partition coefficient (Wildman–Crippen LogP) is 1.92. The topological polar surface area (TPSA) is 43.4 Å². The molecule has 0 amide bonds. The van der Waals surface area contributed by atoms with E-state index in [0.717, 1.165) is 30.4 Å². The molecule has 0 aromatic carbocycles. The Balaban J connectivity index is 1.93. The highest BCUT2D eigenvalue weighted by atomic mass is 32.1. The molecule has 1 aromatic rings. The van der Waals surface area contributed by atoms with Crippen molar-refractivity contribution < 1.29 is 9.47 Å². The van der Waals surface area contributed by atoms with Gasteiger partial charge in [-0.05, 0) is 13.3 Å². The first-order chi connectivity index (χ1) is 7.33. The molecular formula is C10H18N2O2S. The molecule has 0 bridgehead atoms. The van der Waals surface area contributed by atoms with E-state index >= 15 is 0 Å². The van der Waals surface area contributed by atoms with Crippen LogP contribution in [0.2, 0.25) is 0 Å². The summed E-state index contributed by atoms with van der Waals surface area (Å²) in [5.41, 5.74) is 1.07. The lowest BCUT2D eigenvalue weighted by Gasteiger charge is -2.04. The van der Waals surface area contributed by atoms with Crippen LogP contribution in [0, 0.1) is 6.92 Å². The van der Waals surface area contributed by atoms with Gasteiger partial charge in [0.15, 0.2) is 5.13 Å². The zero-order valence-electron chi connectivity index (χ0n) is 9.28. The lowest BCUT2D eigenvalue weighted by molar-refractivity contribution is 0.0705. The van der Waals surface area contributed by atoms with E-state index < -0.39 is 0 Å². The van der Waals surface area contributed by atoms with Gasteiger partial charge in [0.1, 0.15) is 0 Å². The van der Waals surface area contributed by atoms with Crippen molar-refractivity contribution >= 4 is 16.5 Å². The summed E-state index contributed by atoms with van der Waals surface area (Å²) < 4.78 is 10.2. The van der Waals surface area contributed by atoms with Crippen LogP contribution in [0.25, 0.3) is 0 Å². The van der Waals surface area contributed by atoms with Crippen LogP contribution < -0.4 is 5.32 Å². The molecular weight excluding hydrogens is 212 g/mol. The Morgan fingerprint density at radius 3 is 2.93 bits per heavy atom. The molecule has 0 saturated heterocycles. The Kier molecular flexibility index (Phi) is 6.31. The van der Waals surface area contributed by atoms with Gasteiger partial charge in [-0.25, -0.2) is 4.98 Å². The maximum atomic E-state index is 5.34. The van der Waals surface area contributed by atoms with Gasteiger partial charge in [0.2, 0.25) is 0 Å². The maximum absolute atomic E-state index is 5.34. The molecule has 1 heterocycles. The fraction of sp³-hybridized carbons (Fsp3) is 0.700. The first-order valence-corrected chi connectivity index (χ1v) is 5.93. The second-order valence-electron chi connectivity index (χ2n) is 3.18. The smallest absolute Gasteiger partial charge is 0.182 e. The first kappa shape index (κ1) is 12.4. The summed E-state index contributed by atoms with van der Waals surface area (Å²) in [5, 5.41) is 6.28. The van der Waals surface area contributed by atoms with Crippen LogP contribution in [0.5, 0.6) is 0 Å². The zero-order chi connectivity index (χ0) is 10.9. The molecule has 0 atom stereocenters. The Bertz CT molecular complexity index is 266. The Labute approximate surface area is 94.6 Å². The molecule has 0 unspecified atom stereocenters. The zero-order valence-corrected chi connectivity index (χ0v) is 10.1. The number of hydrogen-bond acceptors (Lipinski definition) is 5. The van der Waals surface area contributed by atoms with Gasteiger partial charge in [0.05, 0.1) is 18.9 Å². The van der Waals surface area contributed by atoms with Crippen LogP contribution in [-0.2, 0) is 9.47 Å². The van der Waals surface area contributed by atoms with E-state index in [1.807, 2.05) is 12.3 Å². The molecule has 0 spiro atoms. The van der Waals surface area contributed by atoms with Gasteiger partial charge in [-0.2, -0.15) is 0 Å². The second kappa shape index (κ2) is 7.62. The summed E-state index contributed by atoms with van der Waals surface area (Å²) in [6, 6.07) is 0. The lowest BCUT2D eigenvalue weighted by Crippen LogP contribution is -2.08. The predicted molar refractivity (Wildman–Crippen MR) is 62.7 cm³/mol. The van der Waals surface area contributed by atoms with E-state index in [-0.39, 0.29) is 0 Å². The average Bonchev–Trinajstić information content (AvgIpc) is 2.63. The third-order valence-electron chi connectivity index (χ3n) is 1.79. The molecule has 1 N–H and O–H groups in total. The quantitative estimate of drug-likeness (QED) is 0.693. The van der Waals surface area contributed by atoms with Gasteiger partial charge in [-0.1, -0.05) is 0 Å². The monoisotopic (exact) mass is 230 g/mol. The fourth-order valence-electron chi connectivity index (χ4n) is 1.05. The van der Waals surface area contributed by atoms with Gasteiger partial charge < -0.3 is 14.8 Å². The van der Waals surface area contributed by atoms with Crippen LogP contribution in [0.1, 0.15) is 12.1 Å². The third kappa shape index (κ3) is 5.71. The fourth-order valence-corrected chi connectivity index (χ4v) is 1.77. The number of ether oxygens (including phenoxy) is 2. The van der Waals surface area contributed by atoms with Crippen LogP contribution in [-0.4, -0.2) is 38.5 Å². The molecule has 86 valence electrons. The third-order valence-corrected chi connectivity index (χ3v) is 2.71. The number of aryl methyl sites for hydroxylation is 1. The highest BCUT2D eigenvalue weighted by Gasteiger charge is 1.96. The number of rotatable bonds is 8. The number of aromatic nitrogens is 1. The first-order valence-electron chi connectivity index (χ1n) is 5.05. The minimum absolute atomic E-state index is 0.666. The van der Waals surface area contributed by atoms with Crippen molar-refractivity contribution in [3.8, 4) is 0 Å². The molecule has 4 nitrogen and oxygen atoms in total. The molecule has 0 aliphatic rings. The van der Waals surface area contributed by atoms with Crippen molar-refractivity contribution in [3.63, 3.8) is 0 Å². The van der Waals surface area contributed by atoms with Gasteiger partial charge in [-0.15, -0.1) is 11.3 Å². The van der Waals surface area contributed by atoms with Gasteiger partial charge in [-0.3, -0.25) is 0 Å². The minimum atomic E-state index is 0.666. The molecule has 1 aromatic heterocycles. The van der Waals surface area contributed by atoms with Crippen molar-refractivity contribution in [3.05, 3.63) is 11.1 Å². The van der Waals surface area contributed by atoms with Gasteiger partial charge in [0, 0.05) is 25.6 Å². The number of anilines is 1. The van der Waals surface area contributed by atoms with Crippen LogP contribution in [0.15, 0.2) is 5.38 Å². The number of thiazole rings is 1. The normalized spacial score (nSPS) is 10.5. The standard InChI is InChI=1S/C10H18N2O2S/c1-9-8-15-10(12-9)11-4-3-5-14-7-6-13-2/h8H,3-7H2,1-2H3,(H,11,12). The summed E-state index contributed by atoms with van der Waals surface area (Å²) in [7, 11) is 1.68. The maximum Gasteiger partial charge on any atom is 0.182 e. The molecule has 0 saturated carbocycles. The lowest BCUT2D eigenvalue weighted by atomic mass is 10.4. The molecule has 0 aliphatic carbocycles. The number of nitrogens with one attached hydrogen (secondary N) is 1. The number of hydrogen-bond donors (Lipinski definition) is 1. The number of methoxy groups -OCH3 is 1. The summed E-state index contributed by atoms with van der Waals surface area (Å²) in [4.78, 5) is 4.30. The molecule has 0 fully saturated rings. The van der Waals surface area contributed by atoms with Gasteiger partial charge in [0.25, 0.3) is 0 Å². The summed E-state index contributed by atoms with van der Waals surface area (Å²) in [5.74, 6) is 0. The molecule has 0 aliphatic heterocycles. The molecule has 1 rings (SSSR count). The van der Waals surface area contributed by atoms with E-state index in [1.165, 1.54) is 0 Å². The van der Waals surface area contributed by atoms with E-state index in [1.54, 1.807) is 18.4 Å². The summed E-state index contributed by atoms with van der Waals surface area (Å²) >= 11 is 1.64. The Morgan fingerprint density at radius 2 is 2.27 bits per heavy atom.